The number of phenolic OH excluding ortho intramolecular Hbond substituents is 1. The minimum atomic E-state index is -0.612. The molecule has 0 saturated heterocycles. The average Bonchev–Trinajstić information content (AvgIpc) is 2.51. The molecule has 0 aromatic heterocycles. The van der Waals surface area contributed by atoms with E-state index in [1.54, 1.807) is 0 Å². The summed E-state index contributed by atoms with van der Waals surface area (Å²) in [5.74, 6) is -0.826. The van der Waals surface area contributed by atoms with E-state index in [4.69, 9.17) is 23.2 Å². The second kappa shape index (κ2) is 7.08. The van der Waals surface area contributed by atoms with E-state index in [1.807, 2.05) is 0 Å². The van der Waals surface area contributed by atoms with Crippen molar-refractivity contribution < 1.29 is 14.8 Å². The van der Waals surface area contributed by atoms with Gasteiger partial charge in [-0.15, -0.1) is 0 Å². The van der Waals surface area contributed by atoms with Gasteiger partial charge in [0.25, 0.3) is 11.6 Å². The van der Waals surface area contributed by atoms with E-state index in [0.717, 1.165) is 24.4 Å². The van der Waals surface area contributed by atoms with Crippen LogP contribution in [0.1, 0.15) is 15.9 Å². The number of non-ortho nitro benzene ring substituents is 1. The van der Waals surface area contributed by atoms with Crippen molar-refractivity contribution in [2.45, 2.75) is 0 Å². The summed E-state index contributed by atoms with van der Waals surface area (Å²) in [6, 6.07) is 7.81. The Morgan fingerprint density at radius 3 is 2.70 bits per heavy atom. The predicted octanol–water partition coefficient (Wildman–Crippen LogP) is 3.37. The predicted molar refractivity (Wildman–Crippen MR) is 86.3 cm³/mol. The number of hydrazone groups is 1. The van der Waals surface area contributed by atoms with E-state index in [9.17, 15) is 20.0 Å². The molecule has 2 aromatic rings. The lowest BCUT2D eigenvalue weighted by molar-refractivity contribution is -0.384. The molecule has 0 radical (unpaired) electrons. The normalized spacial score (nSPS) is 10.7. The van der Waals surface area contributed by atoms with E-state index < -0.39 is 10.8 Å². The highest BCUT2D eigenvalue weighted by atomic mass is 35.5. The Bertz CT molecular complexity index is 809. The molecule has 1 amide bonds. The Morgan fingerprint density at radius 1 is 1.26 bits per heavy atom. The highest BCUT2D eigenvalue weighted by Gasteiger charge is 2.11. The third kappa shape index (κ3) is 4.18. The standard InChI is InChI=1S/C14H9Cl2N3O4/c15-9-1-3-12(16)11(6-9)14(21)18-17-7-8-5-10(19(22)23)2-4-13(8)20/h1-7,20H,(H,18,21)/b17-7-. The quantitative estimate of drug-likeness (QED) is 0.499. The Kier molecular flexibility index (Phi) is 5.15. The number of nitrogens with one attached hydrogen (secondary N) is 1. The Morgan fingerprint density at radius 2 is 2.00 bits per heavy atom. The molecule has 0 spiro atoms. The Hall–Kier alpha value is -2.64. The fourth-order valence-electron chi connectivity index (χ4n) is 1.65. The summed E-state index contributed by atoms with van der Waals surface area (Å²) in [6.45, 7) is 0. The number of phenols is 1. The van der Waals surface area contributed by atoms with Crippen LogP contribution in [0.2, 0.25) is 10.0 Å². The third-order valence-corrected chi connectivity index (χ3v) is 3.33. The second-order valence-corrected chi connectivity index (χ2v) is 5.17. The molecule has 7 nitrogen and oxygen atoms in total. The number of halogens is 2. The van der Waals surface area contributed by atoms with Crippen molar-refractivity contribution in [1.29, 1.82) is 0 Å². The summed E-state index contributed by atoms with van der Waals surface area (Å²) >= 11 is 11.7. The molecule has 2 rings (SSSR count). The van der Waals surface area contributed by atoms with Crippen molar-refractivity contribution in [1.82, 2.24) is 5.43 Å². The minimum Gasteiger partial charge on any atom is -0.507 e. The van der Waals surface area contributed by atoms with Crippen molar-refractivity contribution in [2.75, 3.05) is 0 Å². The van der Waals surface area contributed by atoms with Crippen molar-refractivity contribution in [3.63, 3.8) is 0 Å². The molecule has 2 N–H and O–H groups in total. The molecule has 0 fully saturated rings. The van der Waals surface area contributed by atoms with Crippen molar-refractivity contribution in [3.8, 4) is 5.75 Å². The van der Waals surface area contributed by atoms with Gasteiger partial charge in [0.05, 0.1) is 21.7 Å². The molecule has 0 aliphatic carbocycles. The zero-order valence-corrected chi connectivity index (χ0v) is 12.9. The van der Waals surface area contributed by atoms with Crippen LogP contribution < -0.4 is 5.43 Å². The fraction of sp³-hybridized carbons (Fsp3) is 0. The minimum absolute atomic E-state index is 0.0803. The first-order chi connectivity index (χ1) is 10.9. The van der Waals surface area contributed by atoms with Crippen LogP contribution in [0.4, 0.5) is 5.69 Å². The van der Waals surface area contributed by atoms with Gasteiger partial charge < -0.3 is 5.11 Å². The Labute approximate surface area is 140 Å². The summed E-state index contributed by atoms with van der Waals surface area (Å²) < 4.78 is 0. The number of benzene rings is 2. The van der Waals surface area contributed by atoms with Crippen LogP contribution >= 0.6 is 23.2 Å². The number of hydrogen-bond acceptors (Lipinski definition) is 5. The van der Waals surface area contributed by atoms with E-state index >= 15 is 0 Å². The molecule has 9 heteroatoms. The van der Waals surface area contributed by atoms with Crippen molar-refractivity contribution in [3.05, 3.63) is 67.7 Å². The SMILES string of the molecule is O=C(N/N=C\c1cc([N+](=O)[O-])ccc1O)c1cc(Cl)ccc1Cl. The molecule has 0 aliphatic rings. The molecule has 0 saturated carbocycles. The smallest absolute Gasteiger partial charge is 0.272 e. The molecule has 2 aromatic carbocycles. The molecule has 118 valence electrons. The first kappa shape index (κ1) is 16.7. The van der Waals surface area contributed by atoms with Crippen LogP contribution in [0.3, 0.4) is 0 Å². The molecule has 23 heavy (non-hydrogen) atoms. The number of nitrogens with zero attached hydrogens (tertiary/aromatic N) is 2. The van der Waals surface area contributed by atoms with Gasteiger partial charge >= 0.3 is 0 Å². The lowest BCUT2D eigenvalue weighted by Crippen LogP contribution is -2.18. The summed E-state index contributed by atoms with van der Waals surface area (Å²) in [6.07, 6.45) is 1.08. The maximum absolute atomic E-state index is 11.9. The highest BCUT2D eigenvalue weighted by Crippen LogP contribution is 2.22. The van der Waals surface area contributed by atoms with Gasteiger partial charge in [0, 0.05) is 22.7 Å². The largest absolute Gasteiger partial charge is 0.507 e. The summed E-state index contributed by atoms with van der Waals surface area (Å²) in [4.78, 5) is 22.0. The maximum atomic E-state index is 11.9. The van der Waals surface area contributed by atoms with Gasteiger partial charge in [-0.2, -0.15) is 5.10 Å². The van der Waals surface area contributed by atoms with Gasteiger partial charge in [-0.25, -0.2) is 5.43 Å². The summed E-state index contributed by atoms with van der Waals surface area (Å²) in [5.41, 5.74) is 2.19. The van der Waals surface area contributed by atoms with Crippen LogP contribution in [0, 0.1) is 10.1 Å². The lowest BCUT2D eigenvalue weighted by atomic mass is 10.2. The van der Waals surface area contributed by atoms with E-state index in [-0.39, 0.29) is 27.6 Å². The van der Waals surface area contributed by atoms with Crippen LogP contribution in [-0.4, -0.2) is 22.2 Å². The molecule has 0 unspecified atom stereocenters. The number of nitro groups is 1. The van der Waals surface area contributed by atoms with Gasteiger partial charge in [0.2, 0.25) is 0 Å². The van der Waals surface area contributed by atoms with E-state index in [1.165, 1.54) is 18.2 Å². The first-order valence-corrected chi connectivity index (χ1v) is 6.90. The maximum Gasteiger partial charge on any atom is 0.272 e. The summed E-state index contributed by atoms with van der Waals surface area (Å²) in [5, 5.41) is 24.5. The number of amides is 1. The van der Waals surface area contributed by atoms with Gasteiger partial charge in [0.15, 0.2) is 0 Å². The van der Waals surface area contributed by atoms with Gasteiger partial charge in [-0.1, -0.05) is 23.2 Å². The number of nitro benzene ring substituents is 1. The van der Waals surface area contributed by atoms with Gasteiger partial charge in [-0.05, 0) is 24.3 Å². The monoisotopic (exact) mass is 353 g/mol. The van der Waals surface area contributed by atoms with Gasteiger partial charge in [0.1, 0.15) is 5.75 Å². The van der Waals surface area contributed by atoms with Crippen molar-refractivity contribution in [2.24, 2.45) is 5.10 Å². The number of rotatable bonds is 4. The van der Waals surface area contributed by atoms with E-state index in [0.29, 0.717) is 5.02 Å². The zero-order valence-electron chi connectivity index (χ0n) is 11.4. The van der Waals surface area contributed by atoms with E-state index in [2.05, 4.69) is 10.5 Å². The van der Waals surface area contributed by atoms with Crippen LogP contribution in [0.25, 0.3) is 0 Å². The second-order valence-electron chi connectivity index (χ2n) is 4.32. The molecule has 0 atom stereocenters. The third-order valence-electron chi connectivity index (χ3n) is 2.76. The van der Waals surface area contributed by atoms with Crippen LogP contribution in [-0.2, 0) is 0 Å². The number of aromatic hydroxyl groups is 1. The fourth-order valence-corrected chi connectivity index (χ4v) is 2.03. The number of carbonyl (C=O) groups excluding carboxylic acids is 1. The molecular weight excluding hydrogens is 345 g/mol. The first-order valence-electron chi connectivity index (χ1n) is 6.14. The number of hydrogen-bond donors (Lipinski definition) is 2. The molecule has 0 bridgehead atoms. The molecule has 0 heterocycles. The lowest BCUT2D eigenvalue weighted by Gasteiger charge is -2.03. The summed E-state index contributed by atoms with van der Waals surface area (Å²) in [7, 11) is 0. The van der Waals surface area contributed by atoms with Gasteiger partial charge in [-0.3, -0.25) is 14.9 Å². The van der Waals surface area contributed by atoms with Crippen LogP contribution in [0.5, 0.6) is 5.75 Å². The topological polar surface area (TPSA) is 105 Å². The number of carbonyl (C=O) groups is 1. The highest BCUT2D eigenvalue weighted by molar-refractivity contribution is 6.35. The molecule has 0 aliphatic heterocycles. The zero-order chi connectivity index (χ0) is 17.0. The average molecular weight is 354 g/mol. The van der Waals surface area contributed by atoms with Crippen LogP contribution in [0.15, 0.2) is 41.5 Å². The molecular formula is C14H9Cl2N3O4. The van der Waals surface area contributed by atoms with Crippen molar-refractivity contribution >= 4 is 41.0 Å². The Balaban J connectivity index is 2.15.